The Morgan fingerprint density at radius 2 is 2.22 bits per heavy atom. The summed E-state index contributed by atoms with van der Waals surface area (Å²) in [6, 6.07) is 0.361. The molecule has 1 aliphatic heterocycles. The van der Waals surface area contributed by atoms with Gasteiger partial charge in [0.15, 0.2) is 0 Å². The predicted molar refractivity (Wildman–Crippen MR) is 70.6 cm³/mol. The largest absolute Gasteiger partial charge is 0.336 e. The summed E-state index contributed by atoms with van der Waals surface area (Å²) < 4.78 is 1.84. The van der Waals surface area contributed by atoms with E-state index in [1.54, 1.807) is 6.20 Å². The number of piperazine rings is 1. The van der Waals surface area contributed by atoms with Gasteiger partial charge < -0.3 is 10.2 Å². The fraction of sp³-hybridized carbons (Fsp3) is 0.692. The lowest BCUT2D eigenvalue weighted by molar-refractivity contribution is 0.0709. The Balaban J connectivity index is 2.11. The molecule has 0 saturated carbocycles. The molecule has 1 aliphatic rings. The van der Waals surface area contributed by atoms with E-state index >= 15 is 0 Å². The van der Waals surface area contributed by atoms with Crippen LogP contribution in [0.1, 0.15) is 38.1 Å². The van der Waals surface area contributed by atoms with E-state index in [9.17, 15) is 4.79 Å². The molecule has 1 unspecified atom stereocenters. The van der Waals surface area contributed by atoms with E-state index in [1.807, 2.05) is 15.8 Å². The van der Waals surface area contributed by atoms with E-state index in [2.05, 4.69) is 38.1 Å². The number of rotatable bonds is 1. The quantitative estimate of drug-likeness (QED) is 0.811. The summed E-state index contributed by atoms with van der Waals surface area (Å²) in [6.07, 6.45) is 3.51. The zero-order valence-corrected chi connectivity index (χ0v) is 11.6. The molecular weight excluding hydrogens is 228 g/mol. The van der Waals surface area contributed by atoms with Crippen molar-refractivity contribution in [3.8, 4) is 0 Å². The fourth-order valence-electron chi connectivity index (χ4n) is 2.10. The second kappa shape index (κ2) is 4.72. The molecule has 1 aromatic heterocycles. The van der Waals surface area contributed by atoms with E-state index in [-0.39, 0.29) is 11.4 Å². The lowest BCUT2D eigenvalue weighted by Crippen LogP contribution is -2.51. The van der Waals surface area contributed by atoms with Crippen molar-refractivity contribution >= 4 is 5.91 Å². The zero-order valence-electron chi connectivity index (χ0n) is 11.6. The highest BCUT2D eigenvalue weighted by atomic mass is 16.2. The molecule has 0 aliphatic carbocycles. The summed E-state index contributed by atoms with van der Waals surface area (Å²) in [5.41, 5.74) is 0.592. The maximum Gasteiger partial charge on any atom is 0.257 e. The van der Waals surface area contributed by atoms with Crippen LogP contribution in [0.25, 0.3) is 0 Å². The highest BCUT2D eigenvalue weighted by Crippen LogP contribution is 2.14. The van der Waals surface area contributed by atoms with Gasteiger partial charge in [-0.15, -0.1) is 0 Å². The summed E-state index contributed by atoms with van der Waals surface area (Å²) in [5.74, 6) is 0.0823. The van der Waals surface area contributed by atoms with Gasteiger partial charge in [0.05, 0.1) is 17.3 Å². The molecule has 0 aromatic carbocycles. The Morgan fingerprint density at radius 3 is 2.78 bits per heavy atom. The maximum atomic E-state index is 12.3. The molecule has 18 heavy (non-hydrogen) atoms. The molecule has 100 valence electrons. The van der Waals surface area contributed by atoms with E-state index in [0.717, 1.165) is 19.6 Å². The van der Waals surface area contributed by atoms with Gasteiger partial charge in [-0.1, -0.05) is 0 Å². The van der Waals surface area contributed by atoms with Gasteiger partial charge in [0, 0.05) is 31.9 Å². The third-order valence-electron chi connectivity index (χ3n) is 3.17. The molecule has 0 bridgehead atoms. The van der Waals surface area contributed by atoms with Gasteiger partial charge in [0.25, 0.3) is 5.91 Å². The van der Waals surface area contributed by atoms with Crippen molar-refractivity contribution in [1.29, 1.82) is 0 Å². The number of nitrogens with zero attached hydrogens (tertiary/aromatic N) is 3. The molecule has 2 heterocycles. The van der Waals surface area contributed by atoms with Crippen LogP contribution in [0.5, 0.6) is 0 Å². The van der Waals surface area contributed by atoms with Crippen LogP contribution < -0.4 is 5.32 Å². The standard InChI is InChI=1S/C13H22N4O/c1-10-8-16(6-5-14-10)12(18)11-7-15-17(9-11)13(2,3)4/h7,9-10,14H,5-6,8H2,1-4H3. The Bertz CT molecular complexity index is 432. The topological polar surface area (TPSA) is 50.2 Å². The first kappa shape index (κ1) is 13.1. The molecular formula is C13H22N4O. The van der Waals surface area contributed by atoms with E-state index in [0.29, 0.717) is 11.6 Å². The van der Waals surface area contributed by atoms with Crippen LogP contribution in [-0.2, 0) is 5.54 Å². The molecule has 1 atom stereocenters. The lowest BCUT2D eigenvalue weighted by atomic mass is 10.1. The number of carbonyl (C=O) groups is 1. The second-order valence-electron chi connectivity index (χ2n) is 5.95. The second-order valence-corrected chi connectivity index (χ2v) is 5.95. The van der Waals surface area contributed by atoms with Gasteiger partial charge in [-0.3, -0.25) is 9.48 Å². The number of hydrogen-bond donors (Lipinski definition) is 1. The van der Waals surface area contributed by atoms with E-state index in [1.165, 1.54) is 0 Å². The molecule has 0 radical (unpaired) electrons. The first-order chi connectivity index (χ1) is 8.38. The van der Waals surface area contributed by atoms with Crippen molar-refractivity contribution in [2.45, 2.75) is 39.3 Å². The minimum atomic E-state index is -0.0880. The molecule has 1 fully saturated rings. The molecule has 1 amide bonds. The Kier molecular flexibility index (Phi) is 3.43. The lowest BCUT2D eigenvalue weighted by Gasteiger charge is -2.31. The summed E-state index contributed by atoms with van der Waals surface area (Å²) >= 11 is 0. The molecule has 2 rings (SSSR count). The van der Waals surface area contributed by atoms with Crippen LogP contribution >= 0.6 is 0 Å². The minimum absolute atomic E-state index is 0.0823. The summed E-state index contributed by atoms with van der Waals surface area (Å²) in [4.78, 5) is 14.2. The molecule has 5 nitrogen and oxygen atoms in total. The zero-order chi connectivity index (χ0) is 13.3. The smallest absolute Gasteiger partial charge is 0.257 e. The van der Waals surface area contributed by atoms with Crippen LogP contribution in [0, 0.1) is 0 Å². The average Bonchev–Trinajstić information content (AvgIpc) is 2.77. The normalized spacial score (nSPS) is 21.1. The number of nitrogens with one attached hydrogen (secondary N) is 1. The van der Waals surface area contributed by atoms with Gasteiger partial charge in [0.1, 0.15) is 0 Å². The van der Waals surface area contributed by atoms with Gasteiger partial charge in [-0.25, -0.2) is 0 Å². The molecule has 5 heteroatoms. The van der Waals surface area contributed by atoms with Gasteiger partial charge >= 0.3 is 0 Å². The van der Waals surface area contributed by atoms with Gasteiger partial charge in [-0.2, -0.15) is 5.10 Å². The van der Waals surface area contributed by atoms with Crippen LogP contribution in [0.3, 0.4) is 0 Å². The summed E-state index contributed by atoms with van der Waals surface area (Å²) in [7, 11) is 0. The minimum Gasteiger partial charge on any atom is -0.336 e. The maximum absolute atomic E-state index is 12.3. The SMILES string of the molecule is CC1CN(C(=O)c2cnn(C(C)(C)C)c2)CCN1. The third-order valence-corrected chi connectivity index (χ3v) is 3.17. The van der Waals surface area contributed by atoms with E-state index in [4.69, 9.17) is 0 Å². The Labute approximate surface area is 108 Å². The van der Waals surface area contributed by atoms with Crippen LogP contribution in [0.2, 0.25) is 0 Å². The fourth-order valence-corrected chi connectivity index (χ4v) is 2.10. The third kappa shape index (κ3) is 2.72. The van der Waals surface area contributed by atoms with Crippen LogP contribution in [-0.4, -0.2) is 46.3 Å². The molecule has 1 N–H and O–H groups in total. The van der Waals surface area contributed by atoms with Crippen molar-refractivity contribution < 1.29 is 4.79 Å². The first-order valence-corrected chi connectivity index (χ1v) is 6.46. The first-order valence-electron chi connectivity index (χ1n) is 6.46. The van der Waals surface area contributed by atoms with E-state index < -0.39 is 0 Å². The van der Waals surface area contributed by atoms with Gasteiger partial charge in [-0.05, 0) is 27.7 Å². The molecule has 1 saturated heterocycles. The van der Waals surface area contributed by atoms with Crippen molar-refractivity contribution in [2.24, 2.45) is 0 Å². The monoisotopic (exact) mass is 250 g/mol. The average molecular weight is 250 g/mol. The Morgan fingerprint density at radius 1 is 1.50 bits per heavy atom. The van der Waals surface area contributed by atoms with Crippen molar-refractivity contribution in [1.82, 2.24) is 20.0 Å². The molecule has 0 spiro atoms. The predicted octanol–water partition coefficient (Wildman–Crippen LogP) is 1.07. The van der Waals surface area contributed by atoms with Crippen molar-refractivity contribution in [3.63, 3.8) is 0 Å². The number of aromatic nitrogens is 2. The Hall–Kier alpha value is -1.36. The summed E-state index contributed by atoms with van der Waals surface area (Å²) in [6.45, 7) is 10.7. The number of amides is 1. The van der Waals surface area contributed by atoms with Gasteiger partial charge in [0.2, 0.25) is 0 Å². The summed E-state index contributed by atoms with van der Waals surface area (Å²) in [5, 5.41) is 7.61. The van der Waals surface area contributed by atoms with Crippen LogP contribution in [0.15, 0.2) is 12.4 Å². The molecule has 1 aromatic rings. The number of carbonyl (C=O) groups excluding carboxylic acids is 1. The van der Waals surface area contributed by atoms with Crippen molar-refractivity contribution in [3.05, 3.63) is 18.0 Å². The highest BCUT2D eigenvalue weighted by molar-refractivity contribution is 5.93. The van der Waals surface area contributed by atoms with Crippen LogP contribution in [0.4, 0.5) is 0 Å². The highest BCUT2D eigenvalue weighted by Gasteiger charge is 2.24. The van der Waals surface area contributed by atoms with Crippen molar-refractivity contribution in [2.75, 3.05) is 19.6 Å². The number of hydrogen-bond acceptors (Lipinski definition) is 3.